The van der Waals surface area contributed by atoms with Crippen molar-refractivity contribution in [2.24, 2.45) is 5.92 Å². The molecule has 1 N–H and O–H groups in total. The Morgan fingerprint density at radius 3 is 2.38 bits per heavy atom. The highest BCUT2D eigenvalue weighted by Crippen LogP contribution is 2.35. The molecule has 29 heavy (non-hydrogen) atoms. The van der Waals surface area contributed by atoms with Crippen LogP contribution >= 0.6 is 0 Å². The van der Waals surface area contributed by atoms with Crippen molar-refractivity contribution < 1.29 is 29.0 Å². The highest BCUT2D eigenvalue weighted by Gasteiger charge is 2.36. The number of benzene rings is 2. The van der Waals surface area contributed by atoms with Gasteiger partial charge >= 0.3 is 18.0 Å². The fourth-order valence-electron chi connectivity index (χ4n) is 3.49. The van der Waals surface area contributed by atoms with E-state index in [0.29, 0.717) is 12.0 Å². The molecule has 1 heterocycles. The Balaban J connectivity index is 1.77. The highest BCUT2D eigenvalue weighted by molar-refractivity contribution is 5.89. The van der Waals surface area contributed by atoms with E-state index < -0.39 is 30.0 Å². The number of piperidine rings is 1. The molecule has 2 aromatic carbocycles. The van der Waals surface area contributed by atoms with Gasteiger partial charge in [0.1, 0.15) is 6.61 Å². The maximum atomic E-state index is 12.7. The topological polar surface area (TPSA) is 93.1 Å². The molecule has 2 aromatic rings. The Morgan fingerprint density at radius 1 is 1.07 bits per heavy atom. The van der Waals surface area contributed by atoms with Gasteiger partial charge in [-0.1, -0.05) is 42.5 Å². The number of nitrogens with zero attached hydrogens (tertiary/aromatic N) is 1. The summed E-state index contributed by atoms with van der Waals surface area (Å²) < 4.78 is 10.2. The largest absolute Gasteiger partial charge is 0.481 e. The molecular formula is C22H23NO6. The molecular weight excluding hydrogens is 374 g/mol. The standard InChI is InChI=1S/C22H23NO6/c1-28-21(26)17-9-7-16(8-10-17)19-13-18(20(24)25)11-12-23(19)22(27)29-14-15-5-3-2-4-6-15/h2-10,18-19H,11-14H2,1H3,(H,24,25)/t18-,19-/m0/s1. The number of hydrogen-bond acceptors (Lipinski definition) is 5. The first-order chi connectivity index (χ1) is 14.0. The van der Waals surface area contributed by atoms with Crippen LogP contribution in [0.5, 0.6) is 0 Å². The molecule has 1 saturated heterocycles. The number of carbonyl (C=O) groups is 3. The molecule has 0 bridgehead atoms. The van der Waals surface area contributed by atoms with E-state index in [2.05, 4.69) is 0 Å². The second-order valence-electron chi connectivity index (χ2n) is 6.92. The lowest BCUT2D eigenvalue weighted by molar-refractivity contribution is -0.144. The second kappa shape index (κ2) is 9.23. The number of carbonyl (C=O) groups excluding carboxylic acids is 2. The molecule has 1 amide bonds. The first-order valence-electron chi connectivity index (χ1n) is 9.38. The summed E-state index contributed by atoms with van der Waals surface area (Å²) in [5.41, 5.74) is 2.01. The van der Waals surface area contributed by atoms with Crippen LogP contribution in [0.2, 0.25) is 0 Å². The molecule has 0 saturated carbocycles. The molecule has 2 atom stereocenters. The molecule has 1 aliphatic rings. The third kappa shape index (κ3) is 4.93. The lowest BCUT2D eigenvalue weighted by Crippen LogP contribution is -2.42. The molecule has 0 radical (unpaired) electrons. The number of amides is 1. The van der Waals surface area contributed by atoms with Crippen molar-refractivity contribution in [3.8, 4) is 0 Å². The smallest absolute Gasteiger partial charge is 0.410 e. The fourth-order valence-corrected chi connectivity index (χ4v) is 3.49. The van der Waals surface area contributed by atoms with Crippen LogP contribution < -0.4 is 0 Å². The normalized spacial score (nSPS) is 18.7. The number of aliphatic carboxylic acids is 1. The molecule has 1 aliphatic heterocycles. The molecule has 3 rings (SSSR count). The van der Waals surface area contributed by atoms with Gasteiger partial charge < -0.3 is 19.5 Å². The van der Waals surface area contributed by atoms with Crippen molar-refractivity contribution >= 4 is 18.0 Å². The number of hydrogen-bond donors (Lipinski definition) is 1. The Kier molecular flexibility index (Phi) is 6.49. The average Bonchev–Trinajstić information content (AvgIpc) is 2.77. The number of esters is 1. The molecule has 7 heteroatoms. The third-order valence-corrected chi connectivity index (χ3v) is 5.11. The van der Waals surface area contributed by atoms with Gasteiger partial charge in [-0.3, -0.25) is 4.79 Å². The first kappa shape index (κ1) is 20.4. The van der Waals surface area contributed by atoms with Crippen molar-refractivity contribution in [3.63, 3.8) is 0 Å². The molecule has 1 fully saturated rings. The quantitative estimate of drug-likeness (QED) is 0.774. The zero-order valence-corrected chi connectivity index (χ0v) is 16.1. The van der Waals surface area contributed by atoms with Crippen molar-refractivity contribution in [1.82, 2.24) is 4.90 Å². The zero-order valence-electron chi connectivity index (χ0n) is 16.1. The van der Waals surface area contributed by atoms with Crippen LogP contribution in [-0.2, 0) is 20.9 Å². The Hall–Kier alpha value is -3.35. The Labute approximate surface area is 168 Å². The lowest BCUT2D eigenvalue weighted by Gasteiger charge is -2.37. The van der Waals surface area contributed by atoms with Gasteiger partial charge in [0, 0.05) is 6.54 Å². The molecule has 0 unspecified atom stereocenters. The number of carboxylic acids is 1. The second-order valence-corrected chi connectivity index (χ2v) is 6.92. The summed E-state index contributed by atoms with van der Waals surface area (Å²) in [6, 6.07) is 15.6. The van der Waals surface area contributed by atoms with Crippen LogP contribution in [0.3, 0.4) is 0 Å². The monoisotopic (exact) mass is 397 g/mol. The highest BCUT2D eigenvalue weighted by atomic mass is 16.6. The van der Waals surface area contributed by atoms with E-state index in [4.69, 9.17) is 9.47 Å². The number of ether oxygens (including phenoxy) is 2. The summed E-state index contributed by atoms with van der Waals surface area (Å²) >= 11 is 0. The minimum atomic E-state index is -0.876. The van der Waals surface area contributed by atoms with Gasteiger partial charge in [-0.2, -0.15) is 0 Å². The number of rotatable bonds is 5. The van der Waals surface area contributed by atoms with E-state index in [1.807, 2.05) is 30.3 Å². The third-order valence-electron chi connectivity index (χ3n) is 5.11. The lowest BCUT2D eigenvalue weighted by atomic mass is 9.87. The molecule has 152 valence electrons. The molecule has 0 aliphatic carbocycles. The van der Waals surface area contributed by atoms with Gasteiger partial charge in [0.25, 0.3) is 0 Å². The maximum Gasteiger partial charge on any atom is 0.410 e. The molecule has 0 aromatic heterocycles. The summed E-state index contributed by atoms with van der Waals surface area (Å²) in [5.74, 6) is -1.88. The van der Waals surface area contributed by atoms with Gasteiger partial charge in [-0.15, -0.1) is 0 Å². The van der Waals surface area contributed by atoms with Gasteiger partial charge in [-0.05, 0) is 36.1 Å². The summed E-state index contributed by atoms with van der Waals surface area (Å²) in [6.45, 7) is 0.431. The van der Waals surface area contributed by atoms with Crippen LogP contribution in [0, 0.1) is 5.92 Å². The number of carboxylic acid groups (broad SMARTS) is 1. The van der Waals surface area contributed by atoms with Crippen molar-refractivity contribution in [2.75, 3.05) is 13.7 Å². The predicted octanol–water partition coefficient (Wildman–Crippen LogP) is 3.65. The summed E-state index contributed by atoms with van der Waals surface area (Å²) in [7, 11) is 1.30. The first-order valence-corrected chi connectivity index (χ1v) is 9.38. The van der Waals surface area contributed by atoms with Gasteiger partial charge in [0.15, 0.2) is 0 Å². The van der Waals surface area contributed by atoms with Crippen LogP contribution in [0.1, 0.15) is 40.4 Å². The molecule has 0 spiro atoms. The number of methoxy groups -OCH3 is 1. The van der Waals surface area contributed by atoms with Crippen molar-refractivity contribution in [2.45, 2.75) is 25.5 Å². The van der Waals surface area contributed by atoms with E-state index in [0.717, 1.165) is 11.1 Å². The van der Waals surface area contributed by atoms with Gasteiger partial charge in [0.2, 0.25) is 0 Å². The Bertz CT molecular complexity index is 865. The summed E-state index contributed by atoms with van der Waals surface area (Å²) in [6.07, 6.45) is 0.166. The minimum absolute atomic E-state index is 0.145. The SMILES string of the molecule is COC(=O)c1ccc([C@@H]2C[C@@H](C(=O)O)CCN2C(=O)OCc2ccccc2)cc1. The van der Waals surface area contributed by atoms with Gasteiger partial charge in [-0.25, -0.2) is 9.59 Å². The fraction of sp³-hybridized carbons (Fsp3) is 0.318. The van der Waals surface area contributed by atoms with E-state index in [9.17, 15) is 19.5 Å². The van der Waals surface area contributed by atoms with Crippen LogP contribution in [-0.4, -0.2) is 41.7 Å². The summed E-state index contributed by atoms with van der Waals surface area (Å²) in [5, 5.41) is 9.43. The summed E-state index contributed by atoms with van der Waals surface area (Å²) in [4.78, 5) is 37.5. The minimum Gasteiger partial charge on any atom is -0.481 e. The van der Waals surface area contributed by atoms with Crippen LogP contribution in [0.4, 0.5) is 4.79 Å². The van der Waals surface area contributed by atoms with Crippen molar-refractivity contribution in [1.29, 1.82) is 0 Å². The Morgan fingerprint density at radius 2 is 1.76 bits per heavy atom. The molecule has 7 nitrogen and oxygen atoms in total. The van der Waals surface area contributed by atoms with Gasteiger partial charge in [0.05, 0.1) is 24.6 Å². The average molecular weight is 397 g/mol. The van der Waals surface area contributed by atoms with E-state index in [1.54, 1.807) is 29.2 Å². The van der Waals surface area contributed by atoms with E-state index in [1.165, 1.54) is 7.11 Å². The van der Waals surface area contributed by atoms with Crippen molar-refractivity contribution in [3.05, 3.63) is 71.3 Å². The maximum absolute atomic E-state index is 12.7. The number of likely N-dealkylation sites (tertiary alicyclic amines) is 1. The predicted molar refractivity (Wildman–Crippen MR) is 104 cm³/mol. The van der Waals surface area contributed by atoms with E-state index in [-0.39, 0.29) is 19.6 Å². The van der Waals surface area contributed by atoms with Crippen LogP contribution in [0.25, 0.3) is 0 Å². The van der Waals surface area contributed by atoms with E-state index >= 15 is 0 Å². The zero-order chi connectivity index (χ0) is 20.8. The van der Waals surface area contributed by atoms with Crippen LogP contribution in [0.15, 0.2) is 54.6 Å².